The molecule has 1 aliphatic rings. The first-order chi connectivity index (χ1) is 13.1. The first-order valence-electron chi connectivity index (χ1n) is 8.65. The van der Waals surface area contributed by atoms with E-state index < -0.39 is 4.92 Å². The summed E-state index contributed by atoms with van der Waals surface area (Å²) in [6.45, 7) is 3.14. The lowest BCUT2D eigenvalue weighted by molar-refractivity contribution is -0.384. The highest BCUT2D eigenvalue weighted by molar-refractivity contribution is 5.80. The largest absolute Gasteiger partial charge is 0.355 e. The molecule has 2 aromatic heterocycles. The van der Waals surface area contributed by atoms with Crippen molar-refractivity contribution in [3.8, 4) is 6.07 Å². The van der Waals surface area contributed by atoms with Crippen molar-refractivity contribution in [2.24, 2.45) is 0 Å². The summed E-state index contributed by atoms with van der Waals surface area (Å²) in [4.78, 5) is 27.0. The van der Waals surface area contributed by atoms with Gasteiger partial charge in [0.15, 0.2) is 0 Å². The molecule has 0 aliphatic carbocycles. The molecule has 1 aromatic carbocycles. The standard InChI is InChI=1S/C18H17N7O2/c19-12-13-3-1-4-17(20-13)23-7-2-8-24(10-9-23)18-21-15-6-5-14(25(26)27)11-16(15)22-18/h1,3-6,11H,2,7-10H2,(H,21,22). The molecule has 1 saturated heterocycles. The molecule has 3 heterocycles. The summed E-state index contributed by atoms with van der Waals surface area (Å²) >= 11 is 0. The minimum absolute atomic E-state index is 0.0446. The van der Waals surface area contributed by atoms with Crippen LogP contribution in [0.15, 0.2) is 36.4 Å². The van der Waals surface area contributed by atoms with Crippen molar-refractivity contribution < 1.29 is 4.92 Å². The Morgan fingerprint density at radius 3 is 2.74 bits per heavy atom. The van der Waals surface area contributed by atoms with Gasteiger partial charge in [0.1, 0.15) is 17.6 Å². The number of aromatic nitrogens is 3. The van der Waals surface area contributed by atoms with E-state index in [1.54, 1.807) is 12.1 Å². The van der Waals surface area contributed by atoms with Crippen LogP contribution in [-0.4, -0.2) is 46.1 Å². The Labute approximate surface area is 155 Å². The number of pyridine rings is 1. The van der Waals surface area contributed by atoms with Gasteiger partial charge in [0.05, 0.1) is 16.0 Å². The van der Waals surface area contributed by atoms with E-state index in [2.05, 4.69) is 30.8 Å². The molecule has 0 saturated carbocycles. The van der Waals surface area contributed by atoms with Crippen molar-refractivity contribution in [2.45, 2.75) is 6.42 Å². The van der Waals surface area contributed by atoms with Crippen LogP contribution < -0.4 is 9.80 Å². The van der Waals surface area contributed by atoms with E-state index in [0.29, 0.717) is 22.7 Å². The number of anilines is 2. The van der Waals surface area contributed by atoms with Crippen molar-refractivity contribution in [3.63, 3.8) is 0 Å². The van der Waals surface area contributed by atoms with Gasteiger partial charge >= 0.3 is 0 Å². The van der Waals surface area contributed by atoms with Crippen LogP contribution in [0.5, 0.6) is 0 Å². The summed E-state index contributed by atoms with van der Waals surface area (Å²) in [5.41, 5.74) is 1.82. The summed E-state index contributed by atoms with van der Waals surface area (Å²) in [5.74, 6) is 1.52. The Morgan fingerprint density at radius 2 is 1.93 bits per heavy atom. The van der Waals surface area contributed by atoms with Crippen molar-refractivity contribution in [1.82, 2.24) is 15.0 Å². The molecule has 0 bridgehead atoms. The van der Waals surface area contributed by atoms with Gasteiger partial charge in [0, 0.05) is 38.3 Å². The maximum Gasteiger partial charge on any atom is 0.271 e. The molecular weight excluding hydrogens is 346 g/mol. The van der Waals surface area contributed by atoms with Gasteiger partial charge in [-0.2, -0.15) is 5.26 Å². The van der Waals surface area contributed by atoms with Crippen LogP contribution in [0.4, 0.5) is 17.5 Å². The third-order valence-electron chi connectivity index (χ3n) is 4.63. The van der Waals surface area contributed by atoms with Gasteiger partial charge in [-0.25, -0.2) is 9.97 Å². The predicted molar refractivity (Wildman–Crippen MR) is 101 cm³/mol. The van der Waals surface area contributed by atoms with Crippen molar-refractivity contribution >= 4 is 28.5 Å². The number of nitriles is 1. The normalized spacial score (nSPS) is 14.8. The second kappa shape index (κ2) is 6.92. The van der Waals surface area contributed by atoms with E-state index in [9.17, 15) is 10.1 Å². The molecule has 1 N–H and O–H groups in total. The lowest BCUT2D eigenvalue weighted by atomic mass is 10.3. The van der Waals surface area contributed by atoms with Crippen LogP contribution in [0.25, 0.3) is 11.0 Å². The van der Waals surface area contributed by atoms with E-state index in [1.165, 1.54) is 12.1 Å². The number of nitro groups is 1. The van der Waals surface area contributed by atoms with E-state index in [-0.39, 0.29) is 5.69 Å². The fourth-order valence-electron chi connectivity index (χ4n) is 3.27. The summed E-state index contributed by atoms with van der Waals surface area (Å²) in [5, 5.41) is 20.0. The van der Waals surface area contributed by atoms with E-state index >= 15 is 0 Å². The Bertz CT molecular complexity index is 1040. The van der Waals surface area contributed by atoms with Crippen LogP contribution in [0.1, 0.15) is 12.1 Å². The molecule has 0 radical (unpaired) electrons. The van der Waals surface area contributed by atoms with Crippen LogP contribution in [0.2, 0.25) is 0 Å². The van der Waals surface area contributed by atoms with Gasteiger partial charge in [-0.05, 0) is 24.6 Å². The Morgan fingerprint density at radius 1 is 1.11 bits per heavy atom. The molecule has 1 fully saturated rings. The van der Waals surface area contributed by atoms with Gasteiger partial charge < -0.3 is 14.8 Å². The van der Waals surface area contributed by atoms with Crippen LogP contribution in [-0.2, 0) is 0 Å². The number of aromatic amines is 1. The minimum Gasteiger partial charge on any atom is -0.355 e. The Balaban J connectivity index is 1.53. The number of imidazole rings is 1. The molecule has 1 aliphatic heterocycles. The van der Waals surface area contributed by atoms with Gasteiger partial charge in [-0.3, -0.25) is 10.1 Å². The van der Waals surface area contributed by atoms with Crippen molar-refractivity contribution in [2.75, 3.05) is 36.0 Å². The predicted octanol–water partition coefficient (Wildman–Crippen LogP) is 2.45. The fraction of sp³-hybridized carbons (Fsp3) is 0.278. The number of nitrogens with one attached hydrogen (secondary N) is 1. The molecule has 27 heavy (non-hydrogen) atoms. The number of hydrogen-bond acceptors (Lipinski definition) is 7. The van der Waals surface area contributed by atoms with Gasteiger partial charge in [-0.15, -0.1) is 0 Å². The molecule has 0 amide bonds. The van der Waals surface area contributed by atoms with Crippen LogP contribution >= 0.6 is 0 Å². The van der Waals surface area contributed by atoms with Gasteiger partial charge in [0.2, 0.25) is 5.95 Å². The number of nitrogens with zero attached hydrogens (tertiary/aromatic N) is 6. The maximum absolute atomic E-state index is 10.9. The summed E-state index contributed by atoms with van der Waals surface area (Å²) in [6, 6.07) is 12.2. The summed E-state index contributed by atoms with van der Waals surface area (Å²) < 4.78 is 0. The van der Waals surface area contributed by atoms with E-state index in [1.807, 2.05) is 12.1 Å². The first-order valence-corrected chi connectivity index (χ1v) is 8.65. The SMILES string of the molecule is N#Cc1cccc(N2CCCN(c3nc4ccc([N+](=O)[O-])cc4[nH]3)CC2)n1. The summed E-state index contributed by atoms with van der Waals surface area (Å²) in [7, 11) is 0. The Kier molecular flexibility index (Phi) is 4.30. The zero-order chi connectivity index (χ0) is 18.8. The Hall–Kier alpha value is -3.67. The zero-order valence-electron chi connectivity index (χ0n) is 14.5. The highest BCUT2D eigenvalue weighted by atomic mass is 16.6. The average Bonchev–Trinajstić information content (AvgIpc) is 2.96. The first kappa shape index (κ1) is 16.8. The number of non-ortho nitro benzene ring substituents is 1. The molecular formula is C18H17N7O2. The average molecular weight is 363 g/mol. The van der Waals surface area contributed by atoms with Gasteiger partial charge in [-0.1, -0.05) is 6.07 Å². The monoisotopic (exact) mass is 363 g/mol. The number of nitro benzene ring substituents is 1. The number of fused-ring (bicyclic) bond motifs is 1. The topological polar surface area (TPSA) is 115 Å². The van der Waals surface area contributed by atoms with Crippen LogP contribution in [0.3, 0.4) is 0 Å². The smallest absolute Gasteiger partial charge is 0.271 e. The molecule has 4 rings (SSSR count). The molecule has 9 heteroatoms. The third-order valence-corrected chi connectivity index (χ3v) is 4.63. The molecule has 0 spiro atoms. The fourth-order valence-corrected chi connectivity index (χ4v) is 3.27. The lowest BCUT2D eigenvalue weighted by Crippen LogP contribution is -2.31. The lowest BCUT2D eigenvalue weighted by Gasteiger charge is -2.22. The minimum atomic E-state index is -0.411. The van der Waals surface area contributed by atoms with Crippen molar-refractivity contribution in [1.29, 1.82) is 5.26 Å². The second-order valence-corrected chi connectivity index (χ2v) is 6.34. The molecule has 0 atom stereocenters. The van der Waals surface area contributed by atoms with E-state index in [0.717, 1.165) is 38.4 Å². The molecule has 9 nitrogen and oxygen atoms in total. The highest BCUT2D eigenvalue weighted by Crippen LogP contribution is 2.23. The zero-order valence-corrected chi connectivity index (χ0v) is 14.5. The molecule has 136 valence electrons. The van der Waals surface area contributed by atoms with E-state index in [4.69, 9.17) is 5.26 Å². The molecule has 3 aromatic rings. The number of H-pyrrole nitrogens is 1. The maximum atomic E-state index is 10.9. The van der Waals surface area contributed by atoms with Crippen LogP contribution in [0, 0.1) is 21.4 Å². The number of hydrogen-bond donors (Lipinski definition) is 1. The number of rotatable bonds is 3. The van der Waals surface area contributed by atoms with Crippen molar-refractivity contribution in [3.05, 3.63) is 52.2 Å². The summed E-state index contributed by atoms with van der Waals surface area (Å²) in [6.07, 6.45) is 0.912. The second-order valence-electron chi connectivity index (χ2n) is 6.34. The number of benzene rings is 1. The quantitative estimate of drug-likeness (QED) is 0.561. The van der Waals surface area contributed by atoms with Gasteiger partial charge in [0.25, 0.3) is 5.69 Å². The highest BCUT2D eigenvalue weighted by Gasteiger charge is 2.19. The molecule has 0 unspecified atom stereocenters. The third kappa shape index (κ3) is 3.37.